The van der Waals surface area contributed by atoms with E-state index in [1.54, 1.807) is 48.7 Å². The zero-order valence-corrected chi connectivity index (χ0v) is 22.8. The Bertz CT molecular complexity index is 1240. The highest BCUT2D eigenvalue weighted by atomic mass is 32.1. The quantitative estimate of drug-likeness (QED) is 0.394. The third-order valence-corrected chi connectivity index (χ3v) is 7.55. The lowest BCUT2D eigenvalue weighted by Crippen LogP contribution is -2.47. The second-order valence-corrected chi connectivity index (χ2v) is 10.5. The maximum Gasteiger partial charge on any atom is 0.258 e. The first-order chi connectivity index (χ1) is 17.9. The molecule has 0 fully saturated rings. The molecule has 2 aromatic carbocycles. The molecule has 2 amide bonds. The van der Waals surface area contributed by atoms with Crippen molar-refractivity contribution in [2.24, 2.45) is 5.92 Å². The normalized spacial score (nSPS) is 14.8. The predicted molar refractivity (Wildman–Crippen MR) is 145 cm³/mol. The van der Waals surface area contributed by atoms with E-state index in [2.05, 4.69) is 11.4 Å². The number of hydrogen-bond acceptors (Lipinski definition) is 6. The highest BCUT2D eigenvalue weighted by molar-refractivity contribution is 7.10. The lowest BCUT2D eigenvalue weighted by molar-refractivity contribution is -0.134. The number of amides is 2. The van der Waals surface area contributed by atoms with Gasteiger partial charge in [0.25, 0.3) is 5.91 Å². The molecule has 0 N–H and O–H groups in total. The molecule has 196 valence electrons. The number of ether oxygens (including phenoxy) is 3. The van der Waals surface area contributed by atoms with Crippen molar-refractivity contribution in [1.82, 2.24) is 9.80 Å². The van der Waals surface area contributed by atoms with Crippen LogP contribution in [-0.2, 0) is 11.2 Å². The molecule has 0 saturated heterocycles. The zero-order valence-electron chi connectivity index (χ0n) is 22.0. The Morgan fingerprint density at radius 2 is 1.70 bits per heavy atom. The van der Waals surface area contributed by atoms with Gasteiger partial charge in [-0.3, -0.25) is 9.59 Å². The Balaban J connectivity index is 1.63. The van der Waals surface area contributed by atoms with Gasteiger partial charge in [0.1, 0.15) is 23.8 Å². The number of rotatable bonds is 9. The molecule has 0 aliphatic carbocycles. The number of thiophene rings is 1. The zero-order chi connectivity index (χ0) is 26.5. The van der Waals surface area contributed by atoms with E-state index in [-0.39, 0.29) is 30.3 Å². The van der Waals surface area contributed by atoms with Crippen LogP contribution >= 0.6 is 11.3 Å². The summed E-state index contributed by atoms with van der Waals surface area (Å²) in [5.74, 6) is 1.65. The fourth-order valence-corrected chi connectivity index (χ4v) is 5.69. The van der Waals surface area contributed by atoms with Crippen molar-refractivity contribution in [3.63, 3.8) is 0 Å². The van der Waals surface area contributed by atoms with Crippen molar-refractivity contribution in [2.45, 2.75) is 26.3 Å². The number of fused-ring (bicyclic) bond motifs is 1. The molecule has 8 heteroatoms. The van der Waals surface area contributed by atoms with Gasteiger partial charge in [0.15, 0.2) is 0 Å². The molecule has 0 radical (unpaired) electrons. The molecule has 4 rings (SSSR count). The fourth-order valence-electron chi connectivity index (χ4n) is 4.79. The maximum atomic E-state index is 13.9. The molecular weight excluding hydrogens is 488 g/mol. The molecular formula is C29H34N2O5S. The molecule has 3 aromatic rings. The highest BCUT2D eigenvalue weighted by Crippen LogP contribution is 2.38. The summed E-state index contributed by atoms with van der Waals surface area (Å²) >= 11 is 1.73. The van der Waals surface area contributed by atoms with Gasteiger partial charge in [-0.05, 0) is 59.2 Å². The van der Waals surface area contributed by atoms with Crippen LogP contribution in [0, 0.1) is 5.92 Å². The van der Waals surface area contributed by atoms with Crippen LogP contribution in [0.4, 0.5) is 0 Å². The molecule has 7 nitrogen and oxygen atoms in total. The molecule has 2 heterocycles. The number of nitrogens with zero attached hydrogens (tertiary/aromatic N) is 2. The summed E-state index contributed by atoms with van der Waals surface area (Å²) in [5.41, 5.74) is 2.57. The summed E-state index contributed by atoms with van der Waals surface area (Å²) in [6, 6.07) is 14.9. The van der Waals surface area contributed by atoms with Crippen LogP contribution in [0.25, 0.3) is 0 Å². The molecule has 0 spiro atoms. The second-order valence-electron chi connectivity index (χ2n) is 9.46. The molecule has 0 saturated carbocycles. The van der Waals surface area contributed by atoms with Gasteiger partial charge in [-0.2, -0.15) is 0 Å². The molecule has 37 heavy (non-hydrogen) atoms. The first-order valence-electron chi connectivity index (χ1n) is 12.4. The lowest BCUT2D eigenvalue weighted by Gasteiger charge is -2.38. The fraction of sp³-hybridized carbons (Fsp3) is 0.379. The van der Waals surface area contributed by atoms with E-state index in [0.717, 1.165) is 23.3 Å². The van der Waals surface area contributed by atoms with Crippen LogP contribution < -0.4 is 14.2 Å². The van der Waals surface area contributed by atoms with Gasteiger partial charge in [-0.1, -0.05) is 26.0 Å². The average Bonchev–Trinajstić information content (AvgIpc) is 3.40. The monoisotopic (exact) mass is 522 g/mol. The number of carbonyl (C=O) groups excluding carboxylic acids is 2. The molecule has 1 aromatic heterocycles. The number of carbonyl (C=O) groups is 2. The highest BCUT2D eigenvalue weighted by Gasteiger charge is 2.34. The van der Waals surface area contributed by atoms with Crippen LogP contribution in [0.2, 0.25) is 0 Å². The summed E-state index contributed by atoms with van der Waals surface area (Å²) in [6.07, 6.45) is 0.801. The van der Waals surface area contributed by atoms with Crippen molar-refractivity contribution in [2.75, 3.05) is 41.0 Å². The van der Waals surface area contributed by atoms with Crippen molar-refractivity contribution >= 4 is 23.2 Å². The van der Waals surface area contributed by atoms with E-state index >= 15 is 0 Å². The molecule has 1 atom stereocenters. The first-order valence-corrected chi connectivity index (χ1v) is 13.2. The van der Waals surface area contributed by atoms with Crippen molar-refractivity contribution in [3.8, 4) is 17.2 Å². The molecule has 1 aliphatic rings. The number of hydrogen-bond donors (Lipinski definition) is 0. The predicted octanol–water partition coefficient (Wildman–Crippen LogP) is 5.05. The van der Waals surface area contributed by atoms with Gasteiger partial charge < -0.3 is 24.0 Å². The number of methoxy groups -OCH3 is 3. The minimum Gasteiger partial charge on any atom is -0.497 e. The van der Waals surface area contributed by atoms with Crippen LogP contribution in [0.3, 0.4) is 0 Å². The number of benzene rings is 2. The Labute approximate surface area is 222 Å². The smallest absolute Gasteiger partial charge is 0.258 e. The summed E-state index contributed by atoms with van der Waals surface area (Å²) in [4.78, 5) is 32.4. The Morgan fingerprint density at radius 3 is 2.35 bits per heavy atom. The first kappa shape index (κ1) is 26.5. The summed E-state index contributed by atoms with van der Waals surface area (Å²) < 4.78 is 16.1. The molecule has 0 bridgehead atoms. The third-order valence-electron chi connectivity index (χ3n) is 6.56. The standard InChI is InChI=1S/C29H34N2O5S/c1-19(2)17-30(29(33)23-11-10-22(35-4)16-25(23)36-5)18-27(32)31-14-12-26-24(13-15-37-26)28(31)20-6-8-21(34-3)9-7-20/h6-11,13,15-16,19,28H,12,14,17-18H2,1-5H3. The van der Waals surface area contributed by atoms with E-state index in [1.165, 1.54) is 12.0 Å². The van der Waals surface area contributed by atoms with Crippen LogP contribution in [-0.4, -0.2) is 62.6 Å². The van der Waals surface area contributed by atoms with Crippen LogP contribution in [0.15, 0.2) is 53.9 Å². The van der Waals surface area contributed by atoms with E-state index in [0.29, 0.717) is 30.2 Å². The van der Waals surface area contributed by atoms with Gasteiger partial charge in [0, 0.05) is 24.0 Å². The SMILES string of the molecule is COc1ccc(C2c3ccsc3CCN2C(=O)CN(CC(C)C)C(=O)c2ccc(OC)cc2OC)cc1. The van der Waals surface area contributed by atoms with Gasteiger partial charge in [-0.25, -0.2) is 0 Å². The Morgan fingerprint density at radius 1 is 1.00 bits per heavy atom. The topological polar surface area (TPSA) is 68.3 Å². The van der Waals surface area contributed by atoms with Crippen LogP contribution in [0.1, 0.15) is 46.3 Å². The van der Waals surface area contributed by atoms with E-state index < -0.39 is 0 Å². The maximum absolute atomic E-state index is 13.9. The average molecular weight is 523 g/mol. The van der Waals surface area contributed by atoms with E-state index in [9.17, 15) is 9.59 Å². The third kappa shape index (κ3) is 5.74. The lowest BCUT2D eigenvalue weighted by atomic mass is 9.93. The van der Waals surface area contributed by atoms with Crippen LogP contribution in [0.5, 0.6) is 17.2 Å². The van der Waals surface area contributed by atoms with E-state index in [4.69, 9.17) is 14.2 Å². The van der Waals surface area contributed by atoms with E-state index in [1.807, 2.05) is 43.0 Å². The van der Waals surface area contributed by atoms with Crippen molar-refractivity contribution in [1.29, 1.82) is 0 Å². The van der Waals surface area contributed by atoms with Crippen molar-refractivity contribution in [3.05, 3.63) is 75.5 Å². The Hall–Kier alpha value is -3.52. The molecule has 1 aliphatic heterocycles. The molecule has 1 unspecified atom stereocenters. The van der Waals surface area contributed by atoms with Gasteiger partial charge in [0.2, 0.25) is 5.91 Å². The summed E-state index contributed by atoms with van der Waals surface area (Å²) in [6.45, 7) is 5.10. The van der Waals surface area contributed by atoms with Gasteiger partial charge in [-0.15, -0.1) is 11.3 Å². The second kappa shape index (κ2) is 11.7. The van der Waals surface area contributed by atoms with Gasteiger partial charge >= 0.3 is 0 Å². The minimum absolute atomic E-state index is 0.0156. The summed E-state index contributed by atoms with van der Waals surface area (Å²) in [5, 5.41) is 2.08. The van der Waals surface area contributed by atoms with Gasteiger partial charge in [0.05, 0.1) is 32.9 Å². The minimum atomic E-state index is -0.240. The Kier molecular flexibility index (Phi) is 8.38. The van der Waals surface area contributed by atoms with Crippen molar-refractivity contribution < 1.29 is 23.8 Å². The summed E-state index contributed by atoms with van der Waals surface area (Å²) in [7, 11) is 4.73. The largest absolute Gasteiger partial charge is 0.497 e.